The van der Waals surface area contributed by atoms with E-state index in [4.69, 9.17) is 0 Å². The maximum atomic E-state index is 11.5. The number of rotatable bonds is 0. The molecule has 0 aromatic carbocycles. The minimum Gasteiger partial charge on any atom is -0.188 e. The van der Waals surface area contributed by atoms with Crippen molar-refractivity contribution in [2.45, 2.75) is 6.42 Å². The second-order valence-electron chi connectivity index (χ2n) is 0.978. The van der Waals surface area contributed by atoms with E-state index in [1.165, 1.54) is 6.21 Å². The molecule has 0 bridgehead atoms. The monoisotopic (exact) mass is 86.0 g/mol. The molecule has 1 heterocycles. The Bertz CT molecular complexity index is 105. The van der Waals surface area contributed by atoms with Crippen LogP contribution >= 0.6 is 0 Å². The van der Waals surface area contributed by atoms with Crippen LogP contribution in [-0.2, 0) is 0 Å². The lowest BCUT2D eigenvalue weighted by Crippen LogP contribution is -1.78. The van der Waals surface area contributed by atoms with Crippen LogP contribution < -0.4 is 0 Å². The lowest BCUT2D eigenvalue weighted by molar-refractivity contribution is 0.788. The van der Waals surface area contributed by atoms with Gasteiger partial charge in [-0.15, -0.1) is 5.10 Å². The summed E-state index contributed by atoms with van der Waals surface area (Å²) in [6.07, 6.45) is 1.70. The van der Waals surface area contributed by atoms with Crippen molar-refractivity contribution in [1.29, 1.82) is 0 Å². The van der Waals surface area contributed by atoms with Gasteiger partial charge in [0.25, 0.3) is 0 Å². The standard InChI is InChI=1S/C3H3FN2/c4-3-1-2-5-6-3/h2H,1H2. The highest BCUT2D eigenvalue weighted by molar-refractivity contribution is 5.92. The first kappa shape index (κ1) is 3.46. The summed E-state index contributed by atoms with van der Waals surface area (Å²) in [6.45, 7) is 0. The van der Waals surface area contributed by atoms with Crippen LogP contribution in [0.1, 0.15) is 6.42 Å². The first-order valence-corrected chi connectivity index (χ1v) is 1.63. The summed E-state index contributed by atoms with van der Waals surface area (Å²) in [5.74, 6) is -0.394. The molecule has 0 atom stereocenters. The van der Waals surface area contributed by atoms with Gasteiger partial charge >= 0.3 is 0 Å². The van der Waals surface area contributed by atoms with Gasteiger partial charge in [-0.1, -0.05) is 0 Å². The molecule has 1 rings (SSSR count). The zero-order valence-electron chi connectivity index (χ0n) is 3.06. The van der Waals surface area contributed by atoms with Crippen LogP contribution in [0.2, 0.25) is 0 Å². The molecular formula is C3H3FN2. The smallest absolute Gasteiger partial charge is 0.188 e. The molecule has 1 aliphatic rings. The van der Waals surface area contributed by atoms with Gasteiger partial charge in [0.1, 0.15) is 0 Å². The van der Waals surface area contributed by atoms with Crippen molar-refractivity contribution in [3.63, 3.8) is 0 Å². The van der Waals surface area contributed by atoms with Crippen LogP contribution in [0.25, 0.3) is 0 Å². The van der Waals surface area contributed by atoms with Gasteiger partial charge in [-0.3, -0.25) is 0 Å². The Kier molecular flexibility index (Phi) is 0.670. The van der Waals surface area contributed by atoms with E-state index < -0.39 is 5.97 Å². The Hall–Kier alpha value is -0.730. The average Bonchev–Trinajstić information content (AvgIpc) is 1.86. The summed E-state index contributed by atoms with van der Waals surface area (Å²) < 4.78 is 11.5. The van der Waals surface area contributed by atoms with Gasteiger partial charge in [-0.25, -0.2) is 0 Å². The summed E-state index contributed by atoms with van der Waals surface area (Å²) in [6, 6.07) is 0. The molecule has 0 aromatic rings. The van der Waals surface area contributed by atoms with Gasteiger partial charge in [0.2, 0.25) is 5.97 Å². The van der Waals surface area contributed by atoms with Gasteiger partial charge in [0.15, 0.2) is 0 Å². The molecule has 0 saturated heterocycles. The Morgan fingerprint density at radius 1 is 1.83 bits per heavy atom. The minimum absolute atomic E-state index is 0.278. The van der Waals surface area contributed by atoms with Crippen molar-refractivity contribution >= 4 is 12.2 Å². The van der Waals surface area contributed by atoms with Gasteiger partial charge < -0.3 is 0 Å². The SMILES string of the molecule is FC1=NN=CC1. The summed E-state index contributed by atoms with van der Waals surface area (Å²) in [5, 5.41) is 6.31. The average molecular weight is 86.1 g/mol. The maximum absolute atomic E-state index is 11.5. The normalized spacial score (nSPS) is 18.5. The zero-order chi connectivity index (χ0) is 4.41. The van der Waals surface area contributed by atoms with Crippen molar-refractivity contribution in [3.8, 4) is 0 Å². The molecular weight excluding hydrogens is 83.0 g/mol. The molecule has 0 unspecified atom stereocenters. The fourth-order valence-corrected chi connectivity index (χ4v) is 0.260. The Balaban J connectivity index is 2.61. The van der Waals surface area contributed by atoms with E-state index in [9.17, 15) is 4.39 Å². The molecule has 0 fully saturated rings. The Morgan fingerprint density at radius 3 is 2.83 bits per heavy atom. The number of halogens is 1. The Morgan fingerprint density at radius 2 is 2.67 bits per heavy atom. The quantitative estimate of drug-likeness (QED) is 0.415. The minimum atomic E-state index is -0.394. The van der Waals surface area contributed by atoms with E-state index in [1.54, 1.807) is 0 Å². The lowest BCUT2D eigenvalue weighted by Gasteiger charge is -1.67. The van der Waals surface area contributed by atoms with Crippen LogP contribution in [0, 0.1) is 0 Å². The first-order valence-electron chi connectivity index (χ1n) is 1.63. The van der Waals surface area contributed by atoms with Crippen molar-refractivity contribution in [2.75, 3.05) is 0 Å². The van der Waals surface area contributed by atoms with E-state index in [-0.39, 0.29) is 6.42 Å². The van der Waals surface area contributed by atoms with Gasteiger partial charge in [-0.2, -0.15) is 9.49 Å². The maximum Gasteiger partial charge on any atom is 0.215 e. The van der Waals surface area contributed by atoms with Crippen molar-refractivity contribution in [3.05, 3.63) is 0 Å². The molecule has 0 aromatic heterocycles. The molecule has 1 aliphatic heterocycles. The molecule has 0 spiro atoms. The molecule has 6 heavy (non-hydrogen) atoms. The molecule has 0 aliphatic carbocycles. The summed E-state index contributed by atoms with van der Waals surface area (Å²) in [5.41, 5.74) is 0. The van der Waals surface area contributed by atoms with Crippen LogP contribution in [0.15, 0.2) is 10.2 Å². The van der Waals surface area contributed by atoms with Crippen LogP contribution in [0.3, 0.4) is 0 Å². The number of hydrogen-bond donors (Lipinski definition) is 0. The fourth-order valence-electron chi connectivity index (χ4n) is 0.260. The van der Waals surface area contributed by atoms with Gasteiger partial charge in [0, 0.05) is 6.21 Å². The Labute approximate surface area is 34.4 Å². The molecule has 3 heteroatoms. The zero-order valence-corrected chi connectivity index (χ0v) is 3.06. The highest BCUT2D eigenvalue weighted by atomic mass is 19.1. The van der Waals surface area contributed by atoms with Crippen LogP contribution in [-0.4, -0.2) is 12.2 Å². The fraction of sp³-hybridized carbons (Fsp3) is 0.333. The van der Waals surface area contributed by atoms with Crippen molar-refractivity contribution in [2.24, 2.45) is 10.2 Å². The molecule has 0 radical (unpaired) electrons. The van der Waals surface area contributed by atoms with Gasteiger partial charge in [0.05, 0.1) is 6.42 Å². The third kappa shape index (κ3) is 0.429. The van der Waals surface area contributed by atoms with Crippen molar-refractivity contribution < 1.29 is 4.39 Å². The molecule has 32 valence electrons. The highest BCUT2D eigenvalue weighted by Gasteiger charge is 1.95. The summed E-state index contributed by atoms with van der Waals surface area (Å²) in [4.78, 5) is 0. The largest absolute Gasteiger partial charge is 0.215 e. The molecule has 2 nitrogen and oxygen atoms in total. The summed E-state index contributed by atoms with van der Waals surface area (Å²) in [7, 11) is 0. The topological polar surface area (TPSA) is 24.7 Å². The van der Waals surface area contributed by atoms with Crippen LogP contribution in [0.5, 0.6) is 0 Å². The first-order chi connectivity index (χ1) is 2.89. The second kappa shape index (κ2) is 1.16. The van der Waals surface area contributed by atoms with E-state index in [2.05, 4.69) is 10.2 Å². The lowest BCUT2D eigenvalue weighted by atomic mass is 10.5. The predicted octanol–water partition coefficient (Wildman–Crippen LogP) is 0.744. The third-order valence-electron chi connectivity index (χ3n) is 0.508. The molecule has 0 saturated carbocycles. The van der Waals surface area contributed by atoms with Crippen LogP contribution in [0.4, 0.5) is 4.39 Å². The predicted molar refractivity (Wildman–Crippen MR) is 21.7 cm³/mol. The van der Waals surface area contributed by atoms with E-state index in [0.717, 1.165) is 0 Å². The molecule has 0 amide bonds. The van der Waals surface area contributed by atoms with E-state index >= 15 is 0 Å². The highest BCUT2D eigenvalue weighted by Crippen LogP contribution is 1.92. The van der Waals surface area contributed by atoms with Crippen molar-refractivity contribution in [1.82, 2.24) is 0 Å². The summed E-state index contributed by atoms with van der Waals surface area (Å²) >= 11 is 0. The number of nitrogens with zero attached hydrogens (tertiary/aromatic N) is 2. The third-order valence-corrected chi connectivity index (χ3v) is 0.508. The van der Waals surface area contributed by atoms with E-state index in [0.29, 0.717) is 0 Å². The molecule has 0 N–H and O–H groups in total. The second-order valence-corrected chi connectivity index (χ2v) is 0.978. The number of hydrogen-bond acceptors (Lipinski definition) is 2. The van der Waals surface area contributed by atoms with E-state index in [1.807, 2.05) is 0 Å². The van der Waals surface area contributed by atoms with Gasteiger partial charge in [-0.05, 0) is 0 Å².